The van der Waals surface area contributed by atoms with Gasteiger partial charge in [0.25, 0.3) is 5.91 Å². The number of carbonyl (C=O) groups is 1. The molecule has 0 atom stereocenters. The molecule has 0 aliphatic rings. The minimum Gasteiger partial charge on any atom is -0.494 e. The Labute approximate surface area is 162 Å². The molecule has 2 aromatic carbocycles. The van der Waals surface area contributed by atoms with E-state index in [1.165, 1.54) is 0 Å². The molecule has 0 unspecified atom stereocenters. The zero-order valence-corrected chi connectivity index (χ0v) is 16.4. The van der Waals surface area contributed by atoms with Gasteiger partial charge in [-0.05, 0) is 47.1 Å². The highest BCUT2D eigenvalue weighted by atomic mass is 79.9. The van der Waals surface area contributed by atoms with Crippen LogP contribution in [0.4, 0.5) is 10.1 Å². The van der Waals surface area contributed by atoms with Crippen LogP contribution in [0.2, 0.25) is 0 Å². The van der Waals surface area contributed by atoms with E-state index in [-0.39, 0.29) is 0 Å². The topological polar surface area (TPSA) is 29.5 Å². The molecule has 0 heterocycles. The Hall–Kier alpha value is -0.950. The first kappa shape index (κ1) is 19.4. The van der Waals surface area contributed by atoms with Crippen molar-refractivity contribution >= 4 is 62.7 Å². The summed E-state index contributed by atoms with van der Waals surface area (Å²) < 4.78 is 18.2. The van der Waals surface area contributed by atoms with Crippen LogP contribution in [0.15, 0.2) is 53.0 Å². The Balaban J connectivity index is 2.43. The molecule has 0 aliphatic heterocycles. The summed E-state index contributed by atoms with van der Waals surface area (Å²) in [7, 11) is 0. The van der Waals surface area contributed by atoms with E-state index in [4.69, 9.17) is 27.9 Å². The lowest BCUT2D eigenvalue weighted by Gasteiger charge is -2.24. The number of halogens is 4. The number of alkyl halides is 3. The Morgan fingerprint density at radius 2 is 2.00 bits per heavy atom. The molecule has 128 valence electrons. The highest BCUT2D eigenvalue weighted by Gasteiger charge is 2.32. The van der Waals surface area contributed by atoms with Gasteiger partial charge in [-0.3, -0.25) is 4.79 Å². The van der Waals surface area contributed by atoms with Crippen LogP contribution in [-0.2, 0) is 0 Å². The molecule has 2 aromatic rings. The molecule has 0 radical (unpaired) electrons. The van der Waals surface area contributed by atoms with E-state index in [0.29, 0.717) is 40.0 Å². The van der Waals surface area contributed by atoms with E-state index < -0.39 is 9.83 Å². The van der Waals surface area contributed by atoms with Gasteiger partial charge in [-0.25, -0.2) is 4.31 Å². The quantitative estimate of drug-likeness (QED) is 0.386. The van der Waals surface area contributed by atoms with E-state index in [1.807, 2.05) is 6.92 Å². The van der Waals surface area contributed by atoms with Crippen LogP contribution >= 0.6 is 51.1 Å². The maximum Gasteiger partial charge on any atom is 0.324 e. The number of carbonyl (C=O) groups excluding carboxylic acids is 1. The Morgan fingerprint density at radius 3 is 2.62 bits per heavy atom. The molecule has 0 aromatic heterocycles. The molecule has 0 saturated carbocycles. The van der Waals surface area contributed by atoms with Gasteiger partial charge in [0.15, 0.2) is 0 Å². The summed E-state index contributed by atoms with van der Waals surface area (Å²) in [4.78, 5) is 12.9. The summed E-state index contributed by atoms with van der Waals surface area (Å²) in [5.41, 5.74) is 0.749. The van der Waals surface area contributed by atoms with Crippen molar-refractivity contribution in [2.24, 2.45) is 0 Å². The van der Waals surface area contributed by atoms with Crippen LogP contribution in [0.25, 0.3) is 0 Å². The van der Waals surface area contributed by atoms with Gasteiger partial charge in [0.1, 0.15) is 5.75 Å². The van der Waals surface area contributed by atoms with Gasteiger partial charge in [-0.2, -0.15) is 4.39 Å². The number of rotatable bonds is 6. The summed E-state index contributed by atoms with van der Waals surface area (Å²) in [6, 6.07) is 13.5. The molecule has 3 nitrogen and oxygen atoms in total. The molecule has 0 fully saturated rings. The average molecular weight is 453 g/mol. The van der Waals surface area contributed by atoms with Crippen molar-refractivity contribution in [1.29, 1.82) is 0 Å². The van der Waals surface area contributed by atoms with Crippen molar-refractivity contribution in [2.75, 3.05) is 10.9 Å². The molecule has 0 aliphatic carbocycles. The fraction of sp³-hybridized carbons (Fsp3) is 0.188. The SMILES string of the molecule is CCOc1cccc(N(SC(F)(Cl)Cl)C(=O)c2ccccc2Br)c1. The van der Waals surface area contributed by atoms with Crippen LogP contribution in [0, 0.1) is 0 Å². The lowest BCUT2D eigenvalue weighted by molar-refractivity contribution is 0.101. The molecule has 0 saturated heterocycles. The van der Waals surface area contributed by atoms with E-state index in [0.717, 1.165) is 4.31 Å². The van der Waals surface area contributed by atoms with Gasteiger partial charge in [-0.1, -0.05) is 41.4 Å². The molecule has 0 bridgehead atoms. The normalized spacial score (nSPS) is 11.2. The van der Waals surface area contributed by atoms with Crippen molar-refractivity contribution < 1.29 is 13.9 Å². The lowest BCUT2D eigenvalue weighted by atomic mass is 10.2. The standard InChI is InChI=1S/C16H13BrCl2FNO2S/c1-2-23-12-7-5-6-11(10-12)21(24-16(18,19)20)15(22)13-8-3-4-9-14(13)17/h3-10H,2H2,1H3. The molecular weight excluding hydrogens is 440 g/mol. The number of anilines is 1. The second kappa shape index (κ2) is 8.43. The second-order valence-electron chi connectivity index (χ2n) is 4.55. The minimum atomic E-state index is -2.67. The third-order valence-electron chi connectivity index (χ3n) is 2.85. The molecule has 1 amide bonds. The first-order valence-electron chi connectivity index (χ1n) is 6.89. The highest BCUT2D eigenvalue weighted by molar-refractivity contribution is 9.10. The Bertz CT molecular complexity index is 727. The third-order valence-corrected chi connectivity index (χ3v) is 4.72. The lowest BCUT2D eigenvalue weighted by Crippen LogP contribution is -2.27. The van der Waals surface area contributed by atoms with Crippen LogP contribution in [0.1, 0.15) is 17.3 Å². The summed E-state index contributed by atoms with van der Waals surface area (Å²) in [5.74, 6) is 0.0820. The molecular formula is C16H13BrCl2FNO2S. The zero-order valence-electron chi connectivity index (χ0n) is 12.5. The molecule has 0 spiro atoms. The first-order valence-corrected chi connectivity index (χ1v) is 9.21. The van der Waals surface area contributed by atoms with Gasteiger partial charge in [0.2, 0.25) is 0 Å². The average Bonchev–Trinajstić information content (AvgIpc) is 2.52. The largest absolute Gasteiger partial charge is 0.494 e. The third kappa shape index (κ3) is 5.28. The summed E-state index contributed by atoms with van der Waals surface area (Å²) >= 11 is 14.6. The van der Waals surface area contributed by atoms with Gasteiger partial charge >= 0.3 is 3.92 Å². The van der Waals surface area contributed by atoms with Crippen LogP contribution in [0.3, 0.4) is 0 Å². The number of hydrogen-bond donors (Lipinski definition) is 0. The van der Waals surface area contributed by atoms with E-state index >= 15 is 0 Å². The van der Waals surface area contributed by atoms with E-state index in [1.54, 1.807) is 48.5 Å². The number of ether oxygens (including phenoxy) is 1. The van der Waals surface area contributed by atoms with Crippen LogP contribution < -0.4 is 9.04 Å². The Kier molecular flexibility index (Phi) is 6.80. The van der Waals surface area contributed by atoms with Gasteiger partial charge in [-0.15, -0.1) is 0 Å². The van der Waals surface area contributed by atoms with Crippen molar-refractivity contribution in [3.05, 3.63) is 58.6 Å². The second-order valence-corrected chi connectivity index (χ2v) is 8.19. The maximum atomic E-state index is 13.8. The van der Waals surface area contributed by atoms with Crippen molar-refractivity contribution in [1.82, 2.24) is 0 Å². The molecule has 0 N–H and O–H groups in total. The van der Waals surface area contributed by atoms with Crippen molar-refractivity contribution in [3.8, 4) is 5.75 Å². The van der Waals surface area contributed by atoms with Gasteiger partial charge < -0.3 is 4.74 Å². The number of amides is 1. The maximum absolute atomic E-state index is 13.8. The summed E-state index contributed by atoms with van der Waals surface area (Å²) in [6.07, 6.45) is 0. The predicted octanol–water partition coefficient (Wildman–Crippen LogP) is 6.20. The monoisotopic (exact) mass is 451 g/mol. The fourth-order valence-corrected chi connectivity index (χ4v) is 3.40. The number of nitrogens with zero attached hydrogens (tertiary/aromatic N) is 1. The Morgan fingerprint density at radius 1 is 1.29 bits per heavy atom. The zero-order chi connectivity index (χ0) is 17.7. The molecule has 24 heavy (non-hydrogen) atoms. The molecule has 2 rings (SSSR count). The van der Waals surface area contributed by atoms with Gasteiger partial charge in [0, 0.05) is 22.5 Å². The fourth-order valence-electron chi connectivity index (χ4n) is 1.93. The van der Waals surface area contributed by atoms with Crippen LogP contribution in [0.5, 0.6) is 5.75 Å². The van der Waals surface area contributed by atoms with Crippen molar-refractivity contribution in [2.45, 2.75) is 10.8 Å². The first-order chi connectivity index (χ1) is 11.3. The number of hydrogen-bond acceptors (Lipinski definition) is 3. The minimum absolute atomic E-state index is 0.351. The predicted molar refractivity (Wildman–Crippen MR) is 102 cm³/mol. The van der Waals surface area contributed by atoms with E-state index in [9.17, 15) is 9.18 Å². The van der Waals surface area contributed by atoms with Crippen LogP contribution in [-0.4, -0.2) is 16.4 Å². The highest BCUT2D eigenvalue weighted by Crippen LogP contribution is 2.42. The number of benzene rings is 2. The molecule has 8 heteroatoms. The van der Waals surface area contributed by atoms with Crippen molar-refractivity contribution in [3.63, 3.8) is 0 Å². The smallest absolute Gasteiger partial charge is 0.324 e. The summed E-state index contributed by atoms with van der Waals surface area (Å²) in [6.45, 7) is 2.31. The summed E-state index contributed by atoms with van der Waals surface area (Å²) in [5, 5.41) is 0. The van der Waals surface area contributed by atoms with Gasteiger partial charge in [0.05, 0.1) is 17.9 Å². The van der Waals surface area contributed by atoms with E-state index in [2.05, 4.69) is 15.9 Å².